The quantitative estimate of drug-likeness (QED) is 0.861. The molecule has 1 atom stereocenters. The lowest BCUT2D eigenvalue weighted by Crippen LogP contribution is -2.39. The summed E-state index contributed by atoms with van der Waals surface area (Å²) < 4.78 is 42.5. The first-order valence-corrected chi connectivity index (χ1v) is 7.16. The van der Waals surface area contributed by atoms with Crippen LogP contribution in [0.5, 0.6) is 0 Å². The number of hydrogen-bond acceptors (Lipinski definition) is 3. The zero-order valence-electron chi connectivity index (χ0n) is 12.3. The van der Waals surface area contributed by atoms with Crippen LogP contribution in [0.15, 0.2) is 24.3 Å². The van der Waals surface area contributed by atoms with Crippen LogP contribution in [0.3, 0.4) is 0 Å². The molecule has 0 radical (unpaired) electrons. The van der Waals surface area contributed by atoms with Crippen molar-refractivity contribution in [3.8, 4) is 0 Å². The minimum Gasteiger partial charge on any atom is -0.381 e. The van der Waals surface area contributed by atoms with Gasteiger partial charge in [-0.05, 0) is 30.7 Å². The van der Waals surface area contributed by atoms with Crippen LogP contribution in [0.25, 0.3) is 0 Å². The average Bonchev–Trinajstić information content (AvgIpc) is 3.03. The first kappa shape index (κ1) is 17.3. The van der Waals surface area contributed by atoms with E-state index in [9.17, 15) is 22.8 Å². The van der Waals surface area contributed by atoms with Gasteiger partial charge in [-0.25, -0.2) is 0 Å². The van der Waals surface area contributed by atoms with Gasteiger partial charge in [-0.15, -0.1) is 0 Å². The van der Waals surface area contributed by atoms with Crippen molar-refractivity contribution in [1.29, 1.82) is 0 Å². The maximum Gasteiger partial charge on any atom is 0.416 e. The Balaban J connectivity index is 1.76. The SMILES string of the molecule is O=C(CNC(=O)c1ccc(C(F)(F)F)cc1)NCC1CCOC1. The topological polar surface area (TPSA) is 67.4 Å². The Hall–Kier alpha value is -2.09. The summed E-state index contributed by atoms with van der Waals surface area (Å²) in [7, 11) is 0. The lowest BCUT2D eigenvalue weighted by Gasteiger charge is -2.10. The van der Waals surface area contributed by atoms with Crippen LogP contribution < -0.4 is 10.6 Å². The van der Waals surface area contributed by atoms with E-state index in [1.54, 1.807) is 0 Å². The second-order valence-electron chi connectivity index (χ2n) is 5.29. The Morgan fingerprint density at radius 2 is 1.87 bits per heavy atom. The summed E-state index contributed by atoms with van der Waals surface area (Å²) in [6.45, 7) is 1.55. The fourth-order valence-corrected chi connectivity index (χ4v) is 2.14. The number of benzene rings is 1. The smallest absolute Gasteiger partial charge is 0.381 e. The summed E-state index contributed by atoms with van der Waals surface area (Å²) in [6, 6.07) is 3.81. The second-order valence-corrected chi connectivity index (χ2v) is 5.29. The van der Waals surface area contributed by atoms with Gasteiger partial charge in [0.2, 0.25) is 5.91 Å². The van der Waals surface area contributed by atoms with Gasteiger partial charge < -0.3 is 15.4 Å². The van der Waals surface area contributed by atoms with Crippen molar-refractivity contribution in [2.45, 2.75) is 12.6 Å². The molecule has 8 heteroatoms. The van der Waals surface area contributed by atoms with Crippen molar-refractivity contribution in [3.05, 3.63) is 35.4 Å². The largest absolute Gasteiger partial charge is 0.416 e. The summed E-state index contributed by atoms with van der Waals surface area (Å²) >= 11 is 0. The number of alkyl halides is 3. The van der Waals surface area contributed by atoms with Gasteiger partial charge in [-0.1, -0.05) is 0 Å². The minimum absolute atomic E-state index is 0.0648. The van der Waals surface area contributed by atoms with Gasteiger partial charge in [-0.2, -0.15) is 13.2 Å². The molecule has 1 aliphatic rings. The van der Waals surface area contributed by atoms with E-state index in [1.807, 2.05) is 0 Å². The highest BCUT2D eigenvalue weighted by Gasteiger charge is 2.30. The first-order valence-electron chi connectivity index (χ1n) is 7.16. The van der Waals surface area contributed by atoms with Crippen molar-refractivity contribution in [1.82, 2.24) is 10.6 Å². The van der Waals surface area contributed by atoms with Gasteiger partial charge in [0.15, 0.2) is 0 Å². The number of hydrogen-bond donors (Lipinski definition) is 2. The molecular weight excluding hydrogens is 313 g/mol. The molecule has 1 aromatic rings. The molecule has 0 bridgehead atoms. The molecule has 5 nitrogen and oxygen atoms in total. The molecule has 2 amide bonds. The standard InChI is InChI=1S/C15H17F3N2O3/c16-15(17,18)12-3-1-11(2-4-12)14(22)20-8-13(21)19-7-10-5-6-23-9-10/h1-4,10H,5-9H2,(H,19,21)(H,20,22). The maximum atomic E-state index is 12.4. The van der Waals surface area contributed by atoms with Crippen LogP contribution in [-0.2, 0) is 15.7 Å². The Bertz CT molecular complexity index is 552. The third-order valence-electron chi connectivity index (χ3n) is 3.50. The summed E-state index contributed by atoms with van der Waals surface area (Å²) in [4.78, 5) is 23.4. The highest BCUT2D eigenvalue weighted by Crippen LogP contribution is 2.29. The van der Waals surface area contributed by atoms with Gasteiger partial charge in [0.25, 0.3) is 5.91 Å². The van der Waals surface area contributed by atoms with E-state index in [1.165, 1.54) is 0 Å². The number of halogens is 3. The van der Waals surface area contributed by atoms with Crippen LogP contribution in [-0.4, -0.2) is 38.1 Å². The van der Waals surface area contributed by atoms with Gasteiger partial charge in [-0.3, -0.25) is 9.59 Å². The molecule has 2 rings (SSSR count). The number of ether oxygens (including phenoxy) is 1. The molecule has 0 saturated carbocycles. The van der Waals surface area contributed by atoms with Gasteiger partial charge >= 0.3 is 6.18 Å². The fraction of sp³-hybridized carbons (Fsp3) is 0.467. The summed E-state index contributed by atoms with van der Waals surface area (Å²) in [5, 5.41) is 5.05. The van der Waals surface area contributed by atoms with E-state index in [-0.39, 0.29) is 23.9 Å². The van der Waals surface area contributed by atoms with Gasteiger partial charge in [0, 0.05) is 24.6 Å². The lowest BCUT2D eigenvalue weighted by atomic mass is 10.1. The van der Waals surface area contributed by atoms with E-state index in [0.29, 0.717) is 19.8 Å². The molecule has 0 aliphatic carbocycles. The molecule has 1 unspecified atom stereocenters. The van der Waals surface area contributed by atoms with Gasteiger partial charge in [0.05, 0.1) is 18.7 Å². The second kappa shape index (κ2) is 7.45. The summed E-state index contributed by atoms with van der Waals surface area (Å²) in [5.74, 6) is -0.667. The van der Waals surface area contributed by atoms with Crippen LogP contribution >= 0.6 is 0 Å². The number of amides is 2. The zero-order valence-corrected chi connectivity index (χ0v) is 12.3. The monoisotopic (exact) mass is 330 g/mol. The first-order chi connectivity index (χ1) is 10.9. The van der Waals surface area contributed by atoms with E-state index in [2.05, 4.69) is 10.6 Å². The third kappa shape index (κ3) is 5.24. The number of carbonyl (C=O) groups is 2. The van der Waals surface area contributed by atoms with Crippen molar-refractivity contribution < 1.29 is 27.5 Å². The molecule has 1 aliphatic heterocycles. The van der Waals surface area contributed by atoms with Crippen molar-refractivity contribution in [2.24, 2.45) is 5.92 Å². The lowest BCUT2D eigenvalue weighted by molar-refractivity contribution is -0.137. The van der Waals surface area contributed by atoms with E-state index >= 15 is 0 Å². The van der Waals surface area contributed by atoms with Crippen LogP contribution in [0.2, 0.25) is 0 Å². The normalized spacial score (nSPS) is 17.8. The molecule has 1 saturated heterocycles. The third-order valence-corrected chi connectivity index (χ3v) is 3.50. The number of carbonyl (C=O) groups excluding carboxylic acids is 2. The molecule has 23 heavy (non-hydrogen) atoms. The Morgan fingerprint density at radius 3 is 2.43 bits per heavy atom. The average molecular weight is 330 g/mol. The molecule has 1 fully saturated rings. The van der Waals surface area contributed by atoms with Crippen molar-refractivity contribution in [3.63, 3.8) is 0 Å². The van der Waals surface area contributed by atoms with Gasteiger partial charge in [0.1, 0.15) is 0 Å². The number of nitrogens with one attached hydrogen (secondary N) is 2. The maximum absolute atomic E-state index is 12.4. The molecule has 1 heterocycles. The fourth-order valence-electron chi connectivity index (χ4n) is 2.14. The van der Waals surface area contributed by atoms with Crippen LogP contribution in [0.4, 0.5) is 13.2 Å². The predicted molar refractivity (Wildman–Crippen MR) is 75.7 cm³/mol. The molecule has 126 valence electrons. The molecule has 0 aromatic heterocycles. The Kier molecular flexibility index (Phi) is 5.59. The molecule has 0 spiro atoms. The van der Waals surface area contributed by atoms with E-state index < -0.39 is 17.6 Å². The molecule has 1 aromatic carbocycles. The highest BCUT2D eigenvalue weighted by atomic mass is 19.4. The Labute approximate surface area is 131 Å². The summed E-state index contributed by atoms with van der Waals surface area (Å²) in [5.41, 5.74) is -0.763. The Morgan fingerprint density at radius 1 is 1.17 bits per heavy atom. The minimum atomic E-state index is -4.45. The number of rotatable bonds is 5. The van der Waals surface area contributed by atoms with Crippen LogP contribution in [0.1, 0.15) is 22.3 Å². The van der Waals surface area contributed by atoms with Crippen LogP contribution in [0, 0.1) is 5.92 Å². The molecule has 2 N–H and O–H groups in total. The van der Waals surface area contributed by atoms with E-state index in [0.717, 1.165) is 30.7 Å². The van der Waals surface area contributed by atoms with Crippen molar-refractivity contribution >= 4 is 11.8 Å². The predicted octanol–water partition coefficient (Wildman–Crippen LogP) is 1.59. The van der Waals surface area contributed by atoms with Crippen molar-refractivity contribution in [2.75, 3.05) is 26.3 Å². The summed E-state index contributed by atoms with van der Waals surface area (Å²) in [6.07, 6.45) is -3.56. The van der Waals surface area contributed by atoms with E-state index in [4.69, 9.17) is 4.74 Å². The highest BCUT2D eigenvalue weighted by molar-refractivity contribution is 5.96. The zero-order chi connectivity index (χ0) is 16.9. The molecular formula is C15H17F3N2O3.